The van der Waals surface area contributed by atoms with Crippen molar-refractivity contribution in [3.05, 3.63) is 0 Å². The van der Waals surface area contributed by atoms with Crippen LogP contribution in [-0.4, -0.2) is 99.6 Å². The van der Waals surface area contributed by atoms with E-state index in [0.29, 0.717) is 12.2 Å². The molecule has 0 aliphatic heterocycles. The molecule has 37 heavy (non-hydrogen) atoms. The summed E-state index contributed by atoms with van der Waals surface area (Å²) in [5.74, 6) is -6.61. The molecular formula is C20H35N7O9S. The Labute approximate surface area is 217 Å². The number of aliphatic carboxylic acids is 3. The quantitative estimate of drug-likeness (QED) is 0.0441. The summed E-state index contributed by atoms with van der Waals surface area (Å²) in [4.78, 5) is 75.2. The highest BCUT2D eigenvalue weighted by molar-refractivity contribution is 7.98. The fraction of sp³-hybridized carbons (Fsp3) is 0.650. The molecule has 4 unspecified atom stereocenters. The summed E-state index contributed by atoms with van der Waals surface area (Å²) < 4.78 is 0. The lowest BCUT2D eigenvalue weighted by molar-refractivity contribution is -0.144. The molecule has 4 atom stereocenters. The van der Waals surface area contributed by atoms with E-state index in [0.717, 1.165) is 0 Å². The SMILES string of the molecule is CSCCC(NC(=O)C(CC(=O)O)NC(=O)C(N)CCCN=C(N)N)C(=O)NC(CCC(=O)O)C(=O)O. The van der Waals surface area contributed by atoms with E-state index in [-0.39, 0.29) is 25.3 Å². The van der Waals surface area contributed by atoms with Crippen molar-refractivity contribution in [2.75, 3.05) is 18.6 Å². The molecular weight excluding hydrogens is 514 g/mol. The third kappa shape index (κ3) is 15.2. The topological polar surface area (TPSA) is 290 Å². The molecule has 0 radical (unpaired) electrons. The number of thioether (sulfide) groups is 1. The van der Waals surface area contributed by atoms with Crippen molar-refractivity contribution < 1.29 is 44.1 Å². The third-order valence-electron chi connectivity index (χ3n) is 4.82. The highest BCUT2D eigenvalue weighted by Gasteiger charge is 2.31. The van der Waals surface area contributed by atoms with Crippen molar-refractivity contribution in [3.63, 3.8) is 0 Å². The minimum Gasteiger partial charge on any atom is -0.481 e. The maximum absolute atomic E-state index is 12.8. The number of aliphatic imine (C=N–C) groups is 1. The lowest BCUT2D eigenvalue weighted by Gasteiger charge is -2.24. The molecule has 0 heterocycles. The summed E-state index contributed by atoms with van der Waals surface area (Å²) in [6.45, 7) is 0.207. The van der Waals surface area contributed by atoms with Crippen molar-refractivity contribution in [2.45, 2.75) is 62.7 Å². The Morgan fingerprint density at radius 1 is 0.811 bits per heavy atom. The molecule has 0 aromatic rings. The van der Waals surface area contributed by atoms with Crippen LogP contribution in [0.15, 0.2) is 4.99 Å². The van der Waals surface area contributed by atoms with Crippen molar-refractivity contribution in [2.24, 2.45) is 22.2 Å². The Morgan fingerprint density at radius 3 is 1.89 bits per heavy atom. The average molecular weight is 550 g/mol. The number of rotatable bonds is 19. The normalized spacial score (nSPS) is 13.8. The molecule has 0 bridgehead atoms. The zero-order valence-electron chi connectivity index (χ0n) is 20.3. The van der Waals surface area contributed by atoms with Crippen LogP contribution in [0.4, 0.5) is 0 Å². The van der Waals surface area contributed by atoms with Crippen LogP contribution in [0, 0.1) is 0 Å². The summed E-state index contributed by atoms with van der Waals surface area (Å²) in [6.07, 6.45) is 0.525. The first-order valence-corrected chi connectivity index (χ1v) is 12.5. The van der Waals surface area contributed by atoms with Crippen LogP contribution in [0.2, 0.25) is 0 Å². The fourth-order valence-corrected chi connectivity index (χ4v) is 3.36. The first kappa shape index (κ1) is 33.4. The molecule has 17 heteroatoms. The highest BCUT2D eigenvalue weighted by atomic mass is 32.2. The van der Waals surface area contributed by atoms with Gasteiger partial charge in [0.05, 0.1) is 12.5 Å². The van der Waals surface area contributed by atoms with Gasteiger partial charge in [0.25, 0.3) is 0 Å². The number of nitrogens with one attached hydrogen (secondary N) is 3. The van der Waals surface area contributed by atoms with E-state index in [1.54, 1.807) is 6.26 Å². The van der Waals surface area contributed by atoms with Crippen molar-refractivity contribution in [3.8, 4) is 0 Å². The molecule has 0 aliphatic carbocycles. The van der Waals surface area contributed by atoms with Gasteiger partial charge >= 0.3 is 17.9 Å². The predicted molar refractivity (Wildman–Crippen MR) is 133 cm³/mol. The van der Waals surface area contributed by atoms with Crippen molar-refractivity contribution >= 4 is 53.4 Å². The average Bonchev–Trinajstić information content (AvgIpc) is 2.80. The molecule has 0 rings (SSSR count). The maximum atomic E-state index is 12.8. The Kier molecular flexibility index (Phi) is 16.0. The summed E-state index contributed by atoms with van der Waals surface area (Å²) in [5, 5.41) is 34.0. The van der Waals surface area contributed by atoms with Crippen LogP contribution in [0.5, 0.6) is 0 Å². The summed E-state index contributed by atoms with van der Waals surface area (Å²) >= 11 is 1.33. The zero-order chi connectivity index (χ0) is 28.5. The number of nitrogens with zero attached hydrogens (tertiary/aromatic N) is 1. The van der Waals surface area contributed by atoms with E-state index >= 15 is 0 Å². The number of nitrogens with two attached hydrogens (primary N) is 3. The molecule has 0 aliphatic rings. The van der Waals surface area contributed by atoms with Gasteiger partial charge in [-0.3, -0.25) is 29.0 Å². The van der Waals surface area contributed by atoms with Gasteiger partial charge < -0.3 is 48.5 Å². The summed E-state index contributed by atoms with van der Waals surface area (Å²) in [7, 11) is 0. The van der Waals surface area contributed by atoms with Gasteiger partial charge in [-0.05, 0) is 37.7 Å². The first-order valence-electron chi connectivity index (χ1n) is 11.2. The van der Waals surface area contributed by atoms with Gasteiger partial charge in [-0.25, -0.2) is 4.79 Å². The number of hydrogen-bond acceptors (Lipinski definition) is 9. The minimum absolute atomic E-state index is 0.0437. The van der Waals surface area contributed by atoms with Gasteiger partial charge in [0.1, 0.15) is 18.1 Å². The first-order chi connectivity index (χ1) is 17.3. The number of carboxylic acids is 3. The Hall–Kier alpha value is -3.60. The largest absolute Gasteiger partial charge is 0.481 e. The number of guanidine groups is 1. The highest BCUT2D eigenvalue weighted by Crippen LogP contribution is 2.06. The van der Waals surface area contributed by atoms with Crippen molar-refractivity contribution in [1.29, 1.82) is 0 Å². The zero-order valence-corrected chi connectivity index (χ0v) is 21.2. The Morgan fingerprint density at radius 2 is 1.38 bits per heavy atom. The maximum Gasteiger partial charge on any atom is 0.326 e. The number of carboxylic acid groups (broad SMARTS) is 3. The minimum atomic E-state index is -1.58. The molecule has 0 saturated carbocycles. The van der Waals surface area contributed by atoms with Crippen LogP contribution < -0.4 is 33.2 Å². The van der Waals surface area contributed by atoms with Gasteiger partial charge in [0.15, 0.2) is 5.96 Å². The number of carbonyl (C=O) groups excluding carboxylic acids is 3. The molecule has 0 aromatic carbocycles. The van der Waals surface area contributed by atoms with E-state index in [9.17, 15) is 39.0 Å². The Bertz CT molecular complexity index is 852. The van der Waals surface area contributed by atoms with Crippen LogP contribution in [-0.2, 0) is 28.8 Å². The molecule has 12 N–H and O–H groups in total. The van der Waals surface area contributed by atoms with E-state index in [4.69, 9.17) is 22.3 Å². The Balaban J connectivity index is 5.40. The summed E-state index contributed by atoms with van der Waals surface area (Å²) in [6, 6.07) is -5.49. The lowest BCUT2D eigenvalue weighted by atomic mass is 10.1. The van der Waals surface area contributed by atoms with Gasteiger partial charge in [-0.1, -0.05) is 0 Å². The second kappa shape index (κ2) is 17.8. The molecule has 0 saturated heterocycles. The lowest BCUT2D eigenvalue weighted by Crippen LogP contribution is -2.57. The number of hydrogen-bond donors (Lipinski definition) is 9. The van der Waals surface area contributed by atoms with E-state index in [2.05, 4.69) is 20.9 Å². The van der Waals surface area contributed by atoms with Gasteiger partial charge in [0.2, 0.25) is 17.7 Å². The monoisotopic (exact) mass is 549 g/mol. The molecule has 210 valence electrons. The van der Waals surface area contributed by atoms with Gasteiger partial charge in [-0.2, -0.15) is 11.8 Å². The van der Waals surface area contributed by atoms with E-state index < -0.39 is 79.1 Å². The molecule has 0 fully saturated rings. The molecule has 0 aromatic heterocycles. The molecule has 16 nitrogen and oxygen atoms in total. The van der Waals surface area contributed by atoms with E-state index in [1.165, 1.54) is 11.8 Å². The number of amides is 3. The second-order valence-electron chi connectivity index (χ2n) is 7.89. The summed E-state index contributed by atoms with van der Waals surface area (Å²) in [5.41, 5.74) is 16.2. The van der Waals surface area contributed by atoms with Gasteiger partial charge in [-0.15, -0.1) is 0 Å². The second-order valence-corrected chi connectivity index (χ2v) is 8.87. The smallest absolute Gasteiger partial charge is 0.326 e. The third-order valence-corrected chi connectivity index (χ3v) is 5.47. The molecule has 0 spiro atoms. The van der Waals surface area contributed by atoms with Crippen molar-refractivity contribution in [1.82, 2.24) is 16.0 Å². The van der Waals surface area contributed by atoms with Crippen LogP contribution >= 0.6 is 11.8 Å². The molecule has 3 amide bonds. The van der Waals surface area contributed by atoms with E-state index in [1.807, 2.05) is 0 Å². The standard InChI is InChI=1S/C20H35N7O9S/c1-37-8-6-11(17(33)26-12(19(35)36)4-5-14(28)29)25-18(34)13(9-15(30)31)27-16(32)10(21)3-2-7-24-20(22)23/h10-13H,2-9,21H2,1H3,(H,25,34)(H,26,33)(H,27,32)(H,28,29)(H,30,31)(H,35,36)(H4,22,23,24). The number of carbonyl (C=O) groups is 6. The van der Waals surface area contributed by atoms with Crippen LogP contribution in [0.25, 0.3) is 0 Å². The van der Waals surface area contributed by atoms with Crippen LogP contribution in [0.3, 0.4) is 0 Å². The van der Waals surface area contributed by atoms with Gasteiger partial charge in [0, 0.05) is 13.0 Å². The predicted octanol–water partition coefficient (Wildman–Crippen LogP) is -3.00. The fourth-order valence-electron chi connectivity index (χ4n) is 2.89. The van der Waals surface area contributed by atoms with Crippen LogP contribution in [0.1, 0.15) is 38.5 Å².